The first-order valence-corrected chi connectivity index (χ1v) is 8.20. The van der Waals surface area contributed by atoms with Gasteiger partial charge in [-0.2, -0.15) is 5.26 Å². The Balaban J connectivity index is 1.71. The third-order valence-electron chi connectivity index (χ3n) is 3.98. The number of nitrogens with zero attached hydrogens (tertiary/aromatic N) is 3. The maximum atomic E-state index is 9.43. The summed E-state index contributed by atoms with van der Waals surface area (Å²) in [6.45, 7) is 0. The molecule has 0 radical (unpaired) electrons. The van der Waals surface area contributed by atoms with Crippen molar-refractivity contribution in [3.05, 3.63) is 46.1 Å². The van der Waals surface area contributed by atoms with E-state index in [1.54, 1.807) is 17.6 Å². The lowest BCUT2D eigenvalue weighted by Gasteiger charge is -2.09. The minimum Gasteiger partial charge on any atom is -0.337 e. The summed E-state index contributed by atoms with van der Waals surface area (Å²) in [5.74, 6) is 0.719. The lowest BCUT2D eigenvalue weighted by molar-refractivity contribution is 0.696. The molecule has 0 atom stereocenters. The van der Waals surface area contributed by atoms with E-state index in [4.69, 9.17) is 0 Å². The molecule has 2 heterocycles. The van der Waals surface area contributed by atoms with E-state index in [1.165, 1.54) is 23.3 Å². The molecule has 2 aromatic heterocycles. The highest BCUT2D eigenvalue weighted by Gasteiger charge is 2.20. The van der Waals surface area contributed by atoms with Crippen molar-refractivity contribution in [2.24, 2.45) is 4.99 Å². The Hall–Kier alpha value is -2.45. The van der Waals surface area contributed by atoms with Crippen LogP contribution in [0.15, 0.2) is 29.3 Å². The Kier molecular flexibility index (Phi) is 3.24. The number of para-hydroxylation sites is 2. The number of H-pyrrole nitrogens is 1. The van der Waals surface area contributed by atoms with Crippen molar-refractivity contribution in [2.75, 3.05) is 0 Å². The summed E-state index contributed by atoms with van der Waals surface area (Å²) in [5.41, 5.74) is 3.90. The predicted octanol–water partition coefficient (Wildman–Crippen LogP) is 4.13. The number of rotatable bonds is 2. The highest BCUT2D eigenvalue weighted by atomic mass is 32.1. The molecule has 22 heavy (non-hydrogen) atoms. The van der Waals surface area contributed by atoms with Crippen molar-refractivity contribution in [2.45, 2.75) is 25.7 Å². The molecule has 1 N–H and O–H groups in total. The van der Waals surface area contributed by atoms with Gasteiger partial charge in [0.25, 0.3) is 0 Å². The normalized spacial score (nSPS) is 14.3. The molecule has 0 amide bonds. The number of nitrogens with one attached hydrogen (secondary N) is 1. The Morgan fingerprint density at radius 1 is 1.27 bits per heavy atom. The van der Waals surface area contributed by atoms with E-state index in [2.05, 4.69) is 21.0 Å². The van der Waals surface area contributed by atoms with Gasteiger partial charge >= 0.3 is 0 Å². The number of thiophene rings is 1. The van der Waals surface area contributed by atoms with Crippen molar-refractivity contribution in [1.82, 2.24) is 9.97 Å². The van der Waals surface area contributed by atoms with Crippen LogP contribution < -0.4 is 0 Å². The lowest BCUT2D eigenvalue weighted by Crippen LogP contribution is -1.99. The van der Waals surface area contributed by atoms with Crippen LogP contribution in [-0.2, 0) is 12.8 Å². The zero-order valence-corrected chi connectivity index (χ0v) is 12.8. The van der Waals surface area contributed by atoms with Crippen LogP contribution in [0.3, 0.4) is 0 Å². The van der Waals surface area contributed by atoms with Crippen LogP contribution >= 0.6 is 11.3 Å². The van der Waals surface area contributed by atoms with Crippen LogP contribution in [0.1, 0.15) is 34.7 Å². The van der Waals surface area contributed by atoms with E-state index in [9.17, 15) is 5.26 Å². The number of aromatic nitrogens is 2. The summed E-state index contributed by atoms with van der Waals surface area (Å²) in [6.07, 6.45) is 6.19. The molecule has 0 aliphatic heterocycles. The molecule has 0 bridgehead atoms. The smallest absolute Gasteiger partial charge is 0.149 e. The molecule has 0 spiro atoms. The number of imidazole rings is 1. The largest absolute Gasteiger partial charge is 0.337 e. The number of hydrogen-bond acceptors (Lipinski definition) is 4. The summed E-state index contributed by atoms with van der Waals surface area (Å²) in [5, 5.41) is 10.2. The summed E-state index contributed by atoms with van der Waals surface area (Å²) in [7, 11) is 0. The van der Waals surface area contributed by atoms with Crippen LogP contribution in [0.5, 0.6) is 0 Å². The van der Waals surface area contributed by atoms with Crippen LogP contribution in [0, 0.1) is 11.3 Å². The third kappa shape index (κ3) is 2.22. The first kappa shape index (κ1) is 13.2. The fraction of sp³-hybridized carbons (Fsp3) is 0.235. The second kappa shape index (κ2) is 5.39. The first-order valence-electron chi connectivity index (χ1n) is 7.38. The summed E-state index contributed by atoms with van der Waals surface area (Å²) < 4.78 is 0. The SMILES string of the molecule is N#Cc1c(/N=C/c2nc3ccccc3[nH]2)sc2c1CCCC2. The topological polar surface area (TPSA) is 64.8 Å². The van der Waals surface area contributed by atoms with E-state index in [-0.39, 0.29) is 0 Å². The monoisotopic (exact) mass is 306 g/mol. The van der Waals surface area contributed by atoms with E-state index in [1.807, 2.05) is 24.3 Å². The molecule has 5 heteroatoms. The highest BCUT2D eigenvalue weighted by Crippen LogP contribution is 2.39. The van der Waals surface area contributed by atoms with Crippen molar-refractivity contribution in [1.29, 1.82) is 5.26 Å². The Morgan fingerprint density at radius 2 is 2.14 bits per heavy atom. The van der Waals surface area contributed by atoms with Gasteiger partial charge in [0.05, 0.1) is 22.8 Å². The number of hydrogen-bond donors (Lipinski definition) is 1. The van der Waals surface area contributed by atoms with Gasteiger partial charge < -0.3 is 4.98 Å². The number of aromatic amines is 1. The Morgan fingerprint density at radius 3 is 3.00 bits per heavy atom. The van der Waals surface area contributed by atoms with Crippen LogP contribution in [0.25, 0.3) is 11.0 Å². The minimum absolute atomic E-state index is 0.719. The molecule has 0 saturated heterocycles. The first-order chi connectivity index (χ1) is 10.8. The number of fused-ring (bicyclic) bond motifs is 2. The van der Waals surface area contributed by atoms with E-state index >= 15 is 0 Å². The van der Waals surface area contributed by atoms with Gasteiger partial charge in [-0.3, -0.25) is 0 Å². The fourth-order valence-electron chi connectivity index (χ4n) is 2.91. The Labute approximate surface area is 132 Å². The molecule has 0 saturated carbocycles. The number of nitriles is 1. The summed E-state index contributed by atoms with van der Waals surface area (Å²) in [4.78, 5) is 13.6. The van der Waals surface area contributed by atoms with Crippen LogP contribution in [-0.4, -0.2) is 16.2 Å². The van der Waals surface area contributed by atoms with Crippen LogP contribution in [0.2, 0.25) is 0 Å². The lowest BCUT2D eigenvalue weighted by atomic mass is 9.96. The van der Waals surface area contributed by atoms with Gasteiger partial charge in [0, 0.05) is 4.88 Å². The van der Waals surface area contributed by atoms with Gasteiger partial charge in [-0.15, -0.1) is 11.3 Å². The second-order valence-electron chi connectivity index (χ2n) is 5.40. The highest BCUT2D eigenvalue weighted by molar-refractivity contribution is 7.16. The molecular formula is C17H14N4S. The molecule has 1 aliphatic rings. The molecule has 1 aliphatic carbocycles. The molecule has 1 aromatic carbocycles. The molecule has 4 rings (SSSR count). The molecular weight excluding hydrogens is 292 g/mol. The van der Waals surface area contributed by atoms with Crippen molar-refractivity contribution >= 4 is 33.6 Å². The van der Waals surface area contributed by atoms with Crippen molar-refractivity contribution in [3.8, 4) is 6.07 Å². The number of benzene rings is 1. The van der Waals surface area contributed by atoms with E-state index in [0.717, 1.165) is 40.3 Å². The fourth-order valence-corrected chi connectivity index (χ4v) is 4.09. The Bertz CT molecular complexity index is 878. The molecule has 0 fully saturated rings. The number of aryl methyl sites for hydroxylation is 1. The average molecular weight is 306 g/mol. The molecule has 108 valence electrons. The predicted molar refractivity (Wildman–Crippen MR) is 89.0 cm³/mol. The molecule has 3 aromatic rings. The van der Waals surface area contributed by atoms with Gasteiger partial charge in [0.15, 0.2) is 0 Å². The molecule has 4 nitrogen and oxygen atoms in total. The van der Waals surface area contributed by atoms with Gasteiger partial charge in [0.1, 0.15) is 16.9 Å². The minimum atomic E-state index is 0.719. The summed E-state index contributed by atoms with van der Waals surface area (Å²) in [6, 6.07) is 10.2. The van der Waals surface area contributed by atoms with E-state index < -0.39 is 0 Å². The zero-order chi connectivity index (χ0) is 14.9. The third-order valence-corrected chi connectivity index (χ3v) is 5.18. The van der Waals surface area contributed by atoms with Crippen LogP contribution in [0.4, 0.5) is 5.00 Å². The molecule has 0 unspecified atom stereocenters. The maximum Gasteiger partial charge on any atom is 0.149 e. The van der Waals surface area contributed by atoms with Crippen molar-refractivity contribution < 1.29 is 0 Å². The van der Waals surface area contributed by atoms with Gasteiger partial charge in [-0.05, 0) is 43.4 Å². The maximum absolute atomic E-state index is 9.43. The standard InChI is InChI=1S/C17H14N4S/c18-9-12-11-5-1-4-8-15(11)22-17(12)19-10-16-20-13-6-2-3-7-14(13)21-16/h2-3,6-7,10H,1,4-5,8H2,(H,20,21)/b19-10+. The van der Waals surface area contributed by atoms with Crippen molar-refractivity contribution in [3.63, 3.8) is 0 Å². The summed E-state index contributed by atoms with van der Waals surface area (Å²) >= 11 is 1.65. The van der Waals surface area contributed by atoms with Gasteiger partial charge in [-0.25, -0.2) is 9.98 Å². The van der Waals surface area contributed by atoms with Gasteiger partial charge in [0.2, 0.25) is 0 Å². The second-order valence-corrected chi connectivity index (χ2v) is 6.48. The quantitative estimate of drug-likeness (QED) is 0.724. The van der Waals surface area contributed by atoms with Gasteiger partial charge in [-0.1, -0.05) is 12.1 Å². The number of aliphatic imine (C=N–C) groups is 1. The van der Waals surface area contributed by atoms with E-state index in [0.29, 0.717) is 0 Å². The average Bonchev–Trinajstić information content (AvgIpc) is 3.12. The zero-order valence-electron chi connectivity index (χ0n) is 12.0.